The standard InChI is InChI=1S/C20H26N2.C6H18NSi2.Sc/c1-15(2)17-9-5-7-11-19(17)21-13-14-22-20-12-8-6-10-18(20)16(3)4;1-8(2,3)7-9(4,5)6;/h5-12,15-16H,13-14H2,1-4H3;1-6H3;/q-2;-1;+3. The van der Waals surface area contributed by atoms with Crippen LogP contribution in [-0.2, 0) is 25.8 Å². The van der Waals surface area contributed by atoms with Gasteiger partial charge in [-0.1, -0.05) is 143 Å². The summed E-state index contributed by atoms with van der Waals surface area (Å²) in [6, 6.07) is 16.8. The summed E-state index contributed by atoms with van der Waals surface area (Å²) in [4.78, 5) is 0. The Bertz CT molecular complexity index is 716. The van der Waals surface area contributed by atoms with Crippen molar-refractivity contribution in [2.24, 2.45) is 0 Å². The largest absolute Gasteiger partial charge is 3.00 e. The van der Waals surface area contributed by atoms with Gasteiger partial charge in [-0.15, -0.1) is 24.5 Å². The molecule has 6 heteroatoms. The minimum Gasteiger partial charge on any atom is -0.685 e. The van der Waals surface area contributed by atoms with Crippen molar-refractivity contribution >= 4 is 27.8 Å². The second-order valence-electron chi connectivity index (χ2n) is 10.6. The maximum atomic E-state index is 4.82. The van der Waals surface area contributed by atoms with Crippen molar-refractivity contribution in [3.8, 4) is 0 Å². The van der Waals surface area contributed by atoms with Crippen LogP contribution in [0.3, 0.4) is 0 Å². The van der Waals surface area contributed by atoms with Crippen LogP contribution in [-0.4, -0.2) is 29.6 Å². The number of para-hydroxylation sites is 2. The zero-order valence-electron chi connectivity index (χ0n) is 22.1. The minimum absolute atomic E-state index is 0. The first-order valence-electron chi connectivity index (χ1n) is 11.6. The van der Waals surface area contributed by atoms with Crippen molar-refractivity contribution in [1.29, 1.82) is 0 Å². The maximum Gasteiger partial charge on any atom is 3.00 e. The quantitative estimate of drug-likeness (QED) is 0.243. The average Bonchev–Trinajstić information content (AvgIpc) is 2.63. The Kier molecular flexibility index (Phi) is 14.2. The normalized spacial score (nSPS) is 11.5. The Hall–Kier alpha value is -0.696. The van der Waals surface area contributed by atoms with Gasteiger partial charge < -0.3 is 15.3 Å². The van der Waals surface area contributed by atoms with E-state index in [0.717, 1.165) is 24.5 Å². The molecule has 0 bridgehead atoms. The summed E-state index contributed by atoms with van der Waals surface area (Å²) < 4.78 is 4.82. The molecule has 0 saturated carbocycles. The first kappa shape index (κ1) is 31.3. The van der Waals surface area contributed by atoms with Gasteiger partial charge in [-0.2, -0.15) is 0 Å². The minimum atomic E-state index is -1.11. The molecule has 0 aliphatic heterocycles. The molecule has 174 valence electrons. The van der Waals surface area contributed by atoms with Crippen LogP contribution < -0.4 is 0 Å². The Morgan fingerprint density at radius 3 is 1.16 bits per heavy atom. The van der Waals surface area contributed by atoms with Crippen molar-refractivity contribution in [2.45, 2.75) is 78.8 Å². The molecule has 0 radical (unpaired) electrons. The summed E-state index contributed by atoms with van der Waals surface area (Å²) in [5, 5.41) is 9.45. The molecule has 2 aromatic carbocycles. The van der Waals surface area contributed by atoms with Crippen molar-refractivity contribution in [3.05, 3.63) is 74.9 Å². The van der Waals surface area contributed by atoms with Gasteiger partial charge in [0.2, 0.25) is 0 Å². The van der Waals surface area contributed by atoms with E-state index >= 15 is 0 Å². The second-order valence-corrected chi connectivity index (χ2v) is 20.2. The first-order chi connectivity index (χ1) is 14.3. The number of rotatable bonds is 9. The van der Waals surface area contributed by atoms with Crippen molar-refractivity contribution < 1.29 is 25.8 Å². The van der Waals surface area contributed by atoms with Gasteiger partial charge in [-0.05, 0) is 11.8 Å². The number of nitrogens with zero attached hydrogens (tertiary/aromatic N) is 3. The van der Waals surface area contributed by atoms with E-state index in [2.05, 4.69) is 116 Å². The van der Waals surface area contributed by atoms with E-state index in [1.54, 1.807) is 0 Å². The third-order valence-electron chi connectivity index (χ3n) is 4.45. The summed E-state index contributed by atoms with van der Waals surface area (Å²) in [5.41, 5.74) is 4.82. The van der Waals surface area contributed by atoms with E-state index in [1.165, 1.54) is 11.1 Å². The number of hydrogen-bond donors (Lipinski definition) is 0. The van der Waals surface area contributed by atoms with Crippen molar-refractivity contribution in [2.75, 3.05) is 13.1 Å². The average molecular weight is 500 g/mol. The topological polar surface area (TPSA) is 42.3 Å². The fourth-order valence-corrected chi connectivity index (χ4v) is 11.6. The Morgan fingerprint density at radius 1 is 0.594 bits per heavy atom. The van der Waals surface area contributed by atoms with Crippen molar-refractivity contribution in [1.82, 2.24) is 0 Å². The van der Waals surface area contributed by atoms with E-state index in [0.29, 0.717) is 11.8 Å². The molecular weight excluding hydrogens is 455 g/mol. The van der Waals surface area contributed by atoms with E-state index in [4.69, 9.17) is 15.3 Å². The van der Waals surface area contributed by atoms with Gasteiger partial charge in [0.1, 0.15) is 0 Å². The fraction of sp³-hybridized carbons (Fsp3) is 0.538. The predicted octanol–water partition coefficient (Wildman–Crippen LogP) is 9.67. The number of benzene rings is 2. The Labute approximate surface area is 219 Å². The van der Waals surface area contributed by atoms with Crippen LogP contribution in [0.4, 0.5) is 11.4 Å². The molecule has 0 N–H and O–H groups in total. The smallest absolute Gasteiger partial charge is 0.685 e. The summed E-state index contributed by atoms with van der Waals surface area (Å²) in [6.07, 6.45) is 0. The zero-order valence-corrected chi connectivity index (χ0v) is 25.9. The van der Waals surface area contributed by atoms with Crippen LogP contribution in [0.25, 0.3) is 15.3 Å². The second kappa shape index (κ2) is 14.5. The van der Waals surface area contributed by atoms with E-state index < -0.39 is 16.5 Å². The molecule has 0 spiro atoms. The van der Waals surface area contributed by atoms with Crippen LogP contribution in [0.1, 0.15) is 50.7 Å². The molecule has 0 unspecified atom stereocenters. The van der Waals surface area contributed by atoms with Gasteiger partial charge in [-0.25, -0.2) is 0 Å². The van der Waals surface area contributed by atoms with Gasteiger partial charge in [0.15, 0.2) is 0 Å². The van der Waals surface area contributed by atoms with Crippen LogP contribution >= 0.6 is 0 Å². The van der Waals surface area contributed by atoms with Gasteiger partial charge >= 0.3 is 25.8 Å². The zero-order chi connectivity index (χ0) is 23.7. The number of hydrogen-bond acceptors (Lipinski definition) is 0. The van der Waals surface area contributed by atoms with Crippen LogP contribution in [0, 0.1) is 0 Å². The first-order valence-corrected chi connectivity index (χ1v) is 18.5. The predicted molar refractivity (Wildman–Crippen MR) is 147 cm³/mol. The molecule has 0 aromatic heterocycles. The van der Waals surface area contributed by atoms with Gasteiger partial charge in [0.05, 0.1) is 0 Å². The molecule has 0 fully saturated rings. The molecular formula is C26H44N3ScSi2. The van der Waals surface area contributed by atoms with Crippen LogP contribution in [0.15, 0.2) is 48.5 Å². The molecule has 2 rings (SSSR count). The molecule has 32 heavy (non-hydrogen) atoms. The Balaban J connectivity index is 0.000000821. The summed E-state index contributed by atoms with van der Waals surface area (Å²) in [6.45, 7) is 24.1. The molecule has 0 amide bonds. The summed E-state index contributed by atoms with van der Waals surface area (Å²) in [7, 11) is -2.21. The third-order valence-corrected chi connectivity index (χ3v) is 9.82. The molecule has 0 aliphatic rings. The van der Waals surface area contributed by atoms with Crippen LogP contribution in [0.2, 0.25) is 39.3 Å². The maximum absolute atomic E-state index is 4.82. The molecule has 0 aliphatic carbocycles. The molecule has 2 aromatic rings. The SMILES string of the molecule is CC(C)c1ccccc1[N-]CC[N-]c1ccccc1C(C)C.C[Si](C)(C)[N-][Si](C)(C)C.[Sc+3]. The van der Waals surface area contributed by atoms with Gasteiger partial charge in [-0.3, -0.25) is 0 Å². The molecule has 0 atom stereocenters. The van der Waals surface area contributed by atoms with Crippen molar-refractivity contribution in [3.63, 3.8) is 0 Å². The third kappa shape index (κ3) is 13.1. The summed E-state index contributed by atoms with van der Waals surface area (Å²) in [5.74, 6) is 0.997. The fourth-order valence-electron chi connectivity index (χ4n) is 3.59. The Morgan fingerprint density at radius 2 is 0.906 bits per heavy atom. The van der Waals surface area contributed by atoms with Crippen LogP contribution in [0.5, 0.6) is 0 Å². The van der Waals surface area contributed by atoms with Gasteiger partial charge in [0, 0.05) is 0 Å². The molecule has 0 heterocycles. The van der Waals surface area contributed by atoms with Gasteiger partial charge in [0.25, 0.3) is 0 Å². The van der Waals surface area contributed by atoms with E-state index in [1.807, 2.05) is 0 Å². The van der Waals surface area contributed by atoms with E-state index in [-0.39, 0.29) is 25.8 Å². The summed E-state index contributed by atoms with van der Waals surface area (Å²) >= 11 is 0. The molecule has 0 saturated heterocycles. The van der Waals surface area contributed by atoms with E-state index in [9.17, 15) is 0 Å². The molecule has 3 nitrogen and oxygen atoms in total. The monoisotopic (exact) mass is 499 g/mol.